The third-order valence-electron chi connectivity index (χ3n) is 5.27. The molecule has 0 atom stereocenters. The summed E-state index contributed by atoms with van der Waals surface area (Å²) in [6.45, 7) is 16.9. The lowest BCUT2D eigenvalue weighted by Gasteiger charge is -2.27. The number of nitriles is 2. The Morgan fingerprint density at radius 2 is 1.03 bits per heavy atom. The second kappa shape index (κ2) is 8.18. The highest BCUT2D eigenvalue weighted by Gasteiger charge is 2.26. The van der Waals surface area contributed by atoms with Gasteiger partial charge in [0.1, 0.15) is 11.5 Å². The molecule has 29 heavy (non-hydrogen) atoms. The molecule has 0 fully saturated rings. The standard InChI is InChI=1S/C25H30N2O2/c1-16-18(9-11-20(28-14-26)22(16)24(3,4)5)13-19-10-12-21(29-15-27)23(17(19)2)25(6,7)8/h9-12H,13H2,1-8H3. The highest BCUT2D eigenvalue weighted by atomic mass is 16.5. The van der Waals surface area contributed by atoms with Crippen LogP contribution in [-0.2, 0) is 17.3 Å². The van der Waals surface area contributed by atoms with Gasteiger partial charge in [-0.05, 0) is 65.5 Å². The Kier molecular flexibility index (Phi) is 6.29. The van der Waals surface area contributed by atoms with Gasteiger partial charge in [-0.25, -0.2) is 0 Å². The van der Waals surface area contributed by atoms with Crippen molar-refractivity contribution in [3.05, 3.63) is 57.6 Å². The molecule has 0 heterocycles. The molecular weight excluding hydrogens is 360 g/mol. The van der Waals surface area contributed by atoms with Gasteiger partial charge < -0.3 is 9.47 Å². The van der Waals surface area contributed by atoms with Gasteiger partial charge in [0.05, 0.1) is 0 Å². The van der Waals surface area contributed by atoms with Gasteiger partial charge in [0.15, 0.2) is 0 Å². The maximum absolute atomic E-state index is 9.01. The van der Waals surface area contributed by atoms with Crippen LogP contribution in [0, 0.1) is 36.9 Å². The van der Waals surface area contributed by atoms with Crippen LogP contribution >= 0.6 is 0 Å². The average molecular weight is 391 g/mol. The van der Waals surface area contributed by atoms with Gasteiger partial charge in [0.2, 0.25) is 0 Å². The van der Waals surface area contributed by atoms with Crippen LogP contribution in [0.15, 0.2) is 24.3 Å². The highest BCUT2D eigenvalue weighted by Crippen LogP contribution is 2.39. The zero-order valence-electron chi connectivity index (χ0n) is 18.7. The Bertz CT molecular complexity index is 912. The summed E-state index contributed by atoms with van der Waals surface area (Å²) < 4.78 is 10.5. The number of rotatable bonds is 4. The maximum atomic E-state index is 9.01. The van der Waals surface area contributed by atoms with E-state index in [1.54, 1.807) is 12.5 Å². The first-order valence-corrected chi connectivity index (χ1v) is 9.79. The smallest absolute Gasteiger partial charge is 0.292 e. The van der Waals surface area contributed by atoms with Gasteiger partial charge in [-0.3, -0.25) is 0 Å². The van der Waals surface area contributed by atoms with Gasteiger partial charge in [-0.1, -0.05) is 53.7 Å². The lowest BCUT2D eigenvalue weighted by molar-refractivity contribution is 0.471. The minimum absolute atomic E-state index is 0.150. The van der Waals surface area contributed by atoms with Crippen LogP contribution in [0.3, 0.4) is 0 Å². The molecule has 0 aromatic heterocycles. The van der Waals surface area contributed by atoms with E-state index in [0.717, 1.165) is 28.7 Å². The van der Waals surface area contributed by atoms with E-state index in [4.69, 9.17) is 20.0 Å². The van der Waals surface area contributed by atoms with Crippen LogP contribution in [-0.4, -0.2) is 0 Å². The monoisotopic (exact) mass is 390 g/mol. The predicted octanol–water partition coefficient (Wildman–Crippen LogP) is 6.21. The van der Waals surface area contributed by atoms with E-state index in [1.807, 2.05) is 24.3 Å². The normalized spacial score (nSPS) is 11.5. The highest BCUT2D eigenvalue weighted by molar-refractivity contribution is 5.53. The summed E-state index contributed by atoms with van der Waals surface area (Å²) in [6.07, 6.45) is 4.36. The summed E-state index contributed by atoms with van der Waals surface area (Å²) in [6, 6.07) is 7.85. The van der Waals surface area contributed by atoms with Gasteiger partial charge in [-0.2, -0.15) is 0 Å². The van der Waals surface area contributed by atoms with Gasteiger partial charge in [0.25, 0.3) is 12.5 Å². The number of benzene rings is 2. The van der Waals surface area contributed by atoms with Gasteiger partial charge in [0, 0.05) is 11.1 Å². The molecular formula is C25H30N2O2. The first kappa shape index (κ1) is 22.3. The van der Waals surface area contributed by atoms with Crippen molar-refractivity contribution >= 4 is 0 Å². The van der Waals surface area contributed by atoms with Crippen LogP contribution in [0.2, 0.25) is 0 Å². The van der Waals surface area contributed by atoms with E-state index in [0.29, 0.717) is 11.5 Å². The molecule has 2 rings (SSSR count). The Morgan fingerprint density at radius 3 is 1.31 bits per heavy atom. The molecule has 2 aromatic rings. The fraction of sp³-hybridized carbons (Fsp3) is 0.440. The van der Waals surface area contributed by atoms with Crippen molar-refractivity contribution in [1.29, 1.82) is 10.5 Å². The van der Waals surface area contributed by atoms with E-state index < -0.39 is 0 Å². The van der Waals surface area contributed by atoms with E-state index in [1.165, 1.54) is 11.1 Å². The number of hydrogen-bond acceptors (Lipinski definition) is 4. The molecule has 0 amide bonds. The van der Waals surface area contributed by atoms with Gasteiger partial charge >= 0.3 is 0 Å². The van der Waals surface area contributed by atoms with Crippen LogP contribution in [0.25, 0.3) is 0 Å². The molecule has 0 saturated carbocycles. The maximum Gasteiger partial charge on any atom is 0.292 e. The van der Waals surface area contributed by atoms with Crippen molar-refractivity contribution in [3.63, 3.8) is 0 Å². The molecule has 4 heteroatoms. The second-order valence-corrected chi connectivity index (χ2v) is 9.51. The number of hydrogen-bond donors (Lipinski definition) is 0. The van der Waals surface area contributed by atoms with E-state index in [-0.39, 0.29) is 10.8 Å². The van der Waals surface area contributed by atoms with Crippen molar-refractivity contribution in [2.45, 2.75) is 72.6 Å². The van der Waals surface area contributed by atoms with Crippen molar-refractivity contribution in [2.75, 3.05) is 0 Å². The Balaban J connectivity index is 2.61. The van der Waals surface area contributed by atoms with Crippen LogP contribution in [0.5, 0.6) is 11.5 Å². The molecule has 152 valence electrons. The summed E-state index contributed by atoms with van der Waals surface area (Å²) in [5, 5.41) is 18.0. The molecule has 0 aliphatic heterocycles. The molecule has 0 spiro atoms. The lowest BCUT2D eigenvalue weighted by Crippen LogP contribution is -2.17. The first-order valence-electron chi connectivity index (χ1n) is 9.79. The second-order valence-electron chi connectivity index (χ2n) is 9.51. The zero-order chi connectivity index (χ0) is 22.0. The summed E-state index contributed by atoms with van der Waals surface area (Å²) in [5.41, 5.74) is 6.46. The minimum Gasteiger partial charge on any atom is -0.388 e. The summed E-state index contributed by atoms with van der Waals surface area (Å²) in [7, 11) is 0. The third-order valence-corrected chi connectivity index (χ3v) is 5.27. The van der Waals surface area contributed by atoms with Crippen molar-refractivity contribution in [3.8, 4) is 24.0 Å². The molecule has 0 saturated heterocycles. The molecule has 0 bridgehead atoms. The van der Waals surface area contributed by atoms with Crippen LogP contribution < -0.4 is 9.47 Å². The molecule has 0 aliphatic rings. The molecule has 2 aromatic carbocycles. The Labute approximate surface area is 174 Å². The molecule has 0 N–H and O–H groups in total. The van der Waals surface area contributed by atoms with E-state index in [2.05, 4.69) is 55.4 Å². The summed E-state index contributed by atoms with van der Waals surface area (Å²) in [5.74, 6) is 1.23. The summed E-state index contributed by atoms with van der Waals surface area (Å²) in [4.78, 5) is 0. The van der Waals surface area contributed by atoms with Crippen LogP contribution in [0.1, 0.15) is 74.9 Å². The van der Waals surface area contributed by atoms with Gasteiger partial charge in [-0.15, -0.1) is 10.5 Å². The Morgan fingerprint density at radius 1 is 0.690 bits per heavy atom. The number of nitrogens with zero attached hydrogens (tertiary/aromatic N) is 2. The lowest BCUT2D eigenvalue weighted by atomic mass is 9.79. The van der Waals surface area contributed by atoms with Crippen LogP contribution in [0.4, 0.5) is 0 Å². The number of ether oxygens (including phenoxy) is 2. The molecule has 0 aliphatic carbocycles. The minimum atomic E-state index is -0.150. The summed E-state index contributed by atoms with van der Waals surface area (Å²) >= 11 is 0. The van der Waals surface area contributed by atoms with Crippen molar-refractivity contribution < 1.29 is 9.47 Å². The first-order chi connectivity index (χ1) is 13.4. The topological polar surface area (TPSA) is 66.0 Å². The Hall–Kier alpha value is -2.98. The molecule has 4 nitrogen and oxygen atoms in total. The predicted molar refractivity (Wildman–Crippen MR) is 115 cm³/mol. The van der Waals surface area contributed by atoms with E-state index >= 15 is 0 Å². The fourth-order valence-electron chi connectivity index (χ4n) is 4.18. The largest absolute Gasteiger partial charge is 0.388 e. The van der Waals surface area contributed by atoms with Crippen molar-refractivity contribution in [2.24, 2.45) is 0 Å². The third kappa shape index (κ3) is 4.72. The zero-order valence-corrected chi connectivity index (χ0v) is 18.7. The fourth-order valence-corrected chi connectivity index (χ4v) is 4.18. The SMILES string of the molecule is Cc1c(Cc2ccc(OC#N)c(C(C)(C)C)c2C)ccc(OC#N)c1C(C)(C)C. The molecule has 0 radical (unpaired) electrons. The van der Waals surface area contributed by atoms with E-state index in [9.17, 15) is 0 Å². The molecule has 0 unspecified atom stereocenters. The average Bonchev–Trinajstić information content (AvgIpc) is 2.57. The quantitative estimate of drug-likeness (QED) is 0.582. The van der Waals surface area contributed by atoms with Crippen molar-refractivity contribution in [1.82, 2.24) is 0 Å².